The van der Waals surface area contributed by atoms with E-state index in [-0.39, 0.29) is 5.54 Å². The normalized spacial score (nSPS) is 29.6. The molecule has 2 aliphatic heterocycles. The second kappa shape index (κ2) is 6.33. The van der Waals surface area contributed by atoms with Gasteiger partial charge in [0.25, 0.3) is 0 Å². The Kier molecular flexibility index (Phi) is 5.14. The maximum absolute atomic E-state index is 6.38. The molecule has 0 aromatic rings. The summed E-state index contributed by atoms with van der Waals surface area (Å²) in [5.41, 5.74) is 0.642. The lowest BCUT2D eigenvalue weighted by molar-refractivity contribution is -0.0895. The molecule has 0 aliphatic carbocycles. The van der Waals surface area contributed by atoms with E-state index in [0.29, 0.717) is 17.6 Å². The van der Waals surface area contributed by atoms with Gasteiger partial charge in [0.15, 0.2) is 0 Å². The fourth-order valence-electron chi connectivity index (χ4n) is 3.58. The Morgan fingerprint density at radius 3 is 2.30 bits per heavy atom. The zero-order valence-corrected chi connectivity index (χ0v) is 14.2. The largest absolute Gasteiger partial charge is 0.375 e. The highest BCUT2D eigenvalue weighted by molar-refractivity contribution is 4.92. The van der Waals surface area contributed by atoms with Crippen LogP contribution in [0.3, 0.4) is 0 Å². The van der Waals surface area contributed by atoms with E-state index in [1.54, 1.807) is 0 Å². The Hall–Kier alpha value is -0.120. The van der Waals surface area contributed by atoms with Crippen molar-refractivity contribution < 1.29 is 4.74 Å². The highest BCUT2D eigenvalue weighted by Gasteiger charge is 2.37. The van der Waals surface area contributed by atoms with Crippen molar-refractivity contribution in [2.75, 3.05) is 26.2 Å². The SMILES string of the molecule is CC(C)(C)CN1CC[C@@H](OC2CCNCC2)CC1(C)C. The molecular formula is C17H34N2O. The van der Waals surface area contributed by atoms with Gasteiger partial charge in [0, 0.05) is 18.6 Å². The lowest BCUT2D eigenvalue weighted by Gasteiger charge is -2.48. The Labute approximate surface area is 125 Å². The summed E-state index contributed by atoms with van der Waals surface area (Å²) in [5.74, 6) is 0. The fraction of sp³-hybridized carbons (Fsp3) is 1.00. The van der Waals surface area contributed by atoms with E-state index in [4.69, 9.17) is 4.74 Å². The van der Waals surface area contributed by atoms with Crippen molar-refractivity contribution in [2.24, 2.45) is 5.41 Å². The van der Waals surface area contributed by atoms with Crippen LogP contribution >= 0.6 is 0 Å². The maximum atomic E-state index is 6.38. The Balaban J connectivity index is 1.85. The van der Waals surface area contributed by atoms with Crippen LogP contribution in [0.1, 0.15) is 60.3 Å². The van der Waals surface area contributed by atoms with Crippen LogP contribution in [0.4, 0.5) is 0 Å². The lowest BCUT2D eigenvalue weighted by Crippen LogP contribution is -2.54. The highest BCUT2D eigenvalue weighted by Crippen LogP contribution is 2.33. The van der Waals surface area contributed by atoms with Crippen LogP contribution in [0, 0.1) is 5.41 Å². The number of nitrogens with zero attached hydrogens (tertiary/aromatic N) is 1. The molecular weight excluding hydrogens is 248 g/mol. The zero-order chi connectivity index (χ0) is 14.8. The summed E-state index contributed by atoms with van der Waals surface area (Å²) in [7, 11) is 0. The van der Waals surface area contributed by atoms with Crippen molar-refractivity contribution in [1.82, 2.24) is 10.2 Å². The van der Waals surface area contributed by atoms with Crippen molar-refractivity contribution in [3.05, 3.63) is 0 Å². The molecule has 0 saturated carbocycles. The van der Waals surface area contributed by atoms with E-state index in [0.717, 1.165) is 13.1 Å². The minimum atomic E-state index is 0.267. The van der Waals surface area contributed by atoms with Crippen LogP contribution in [0.5, 0.6) is 0 Å². The van der Waals surface area contributed by atoms with Gasteiger partial charge in [-0.15, -0.1) is 0 Å². The van der Waals surface area contributed by atoms with Crippen LogP contribution in [-0.4, -0.2) is 48.8 Å². The van der Waals surface area contributed by atoms with Crippen LogP contribution in [0.25, 0.3) is 0 Å². The number of hydrogen-bond acceptors (Lipinski definition) is 3. The molecule has 2 heterocycles. The molecule has 0 unspecified atom stereocenters. The minimum absolute atomic E-state index is 0.267. The highest BCUT2D eigenvalue weighted by atomic mass is 16.5. The molecule has 2 fully saturated rings. The number of ether oxygens (including phenoxy) is 1. The van der Waals surface area contributed by atoms with Crippen molar-refractivity contribution in [1.29, 1.82) is 0 Å². The van der Waals surface area contributed by atoms with Crippen molar-refractivity contribution in [3.63, 3.8) is 0 Å². The summed E-state index contributed by atoms with van der Waals surface area (Å²) in [6, 6.07) is 0. The van der Waals surface area contributed by atoms with Crippen molar-refractivity contribution in [3.8, 4) is 0 Å². The molecule has 0 aromatic carbocycles. The van der Waals surface area contributed by atoms with Gasteiger partial charge in [-0.25, -0.2) is 0 Å². The third-order valence-corrected chi connectivity index (χ3v) is 4.64. The maximum Gasteiger partial charge on any atom is 0.0608 e. The molecule has 0 aromatic heterocycles. The number of piperidine rings is 2. The smallest absolute Gasteiger partial charge is 0.0608 e. The Morgan fingerprint density at radius 1 is 1.10 bits per heavy atom. The van der Waals surface area contributed by atoms with E-state index in [1.165, 1.54) is 38.8 Å². The molecule has 2 aliphatic rings. The molecule has 3 nitrogen and oxygen atoms in total. The molecule has 0 bridgehead atoms. The number of nitrogens with one attached hydrogen (secondary N) is 1. The van der Waals surface area contributed by atoms with Crippen LogP contribution in [0.15, 0.2) is 0 Å². The first-order chi connectivity index (χ1) is 9.26. The van der Waals surface area contributed by atoms with Gasteiger partial charge < -0.3 is 10.1 Å². The number of rotatable bonds is 3. The summed E-state index contributed by atoms with van der Waals surface area (Å²) in [6.07, 6.45) is 5.69. The third kappa shape index (κ3) is 4.71. The van der Waals surface area contributed by atoms with E-state index in [1.807, 2.05) is 0 Å². The van der Waals surface area contributed by atoms with Crippen LogP contribution in [-0.2, 0) is 4.74 Å². The fourth-order valence-corrected chi connectivity index (χ4v) is 3.58. The van der Waals surface area contributed by atoms with Crippen molar-refractivity contribution >= 4 is 0 Å². The first kappa shape index (κ1) is 16.3. The summed E-state index contributed by atoms with van der Waals surface area (Å²) < 4.78 is 6.38. The van der Waals surface area contributed by atoms with Crippen LogP contribution < -0.4 is 5.32 Å². The van der Waals surface area contributed by atoms with E-state index in [9.17, 15) is 0 Å². The molecule has 20 heavy (non-hydrogen) atoms. The van der Waals surface area contributed by atoms with Gasteiger partial charge in [0.2, 0.25) is 0 Å². The minimum Gasteiger partial charge on any atom is -0.375 e. The van der Waals surface area contributed by atoms with Gasteiger partial charge in [0.05, 0.1) is 12.2 Å². The molecule has 1 N–H and O–H groups in total. The lowest BCUT2D eigenvalue weighted by atomic mass is 9.85. The summed E-state index contributed by atoms with van der Waals surface area (Å²) in [4.78, 5) is 2.66. The average molecular weight is 282 g/mol. The van der Waals surface area contributed by atoms with Gasteiger partial charge in [-0.1, -0.05) is 20.8 Å². The Morgan fingerprint density at radius 2 is 1.75 bits per heavy atom. The summed E-state index contributed by atoms with van der Waals surface area (Å²) in [6.45, 7) is 16.4. The number of hydrogen-bond donors (Lipinski definition) is 1. The molecule has 2 rings (SSSR count). The standard InChI is InChI=1S/C17H34N2O/c1-16(2,3)13-19-11-8-15(12-17(19,4)5)20-14-6-9-18-10-7-14/h14-15,18H,6-13H2,1-5H3/t15-/m1/s1. The predicted octanol–water partition coefficient (Wildman–Crippen LogP) is 3.04. The van der Waals surface area contributed by atoms with Gasteiger partial charge >= 0.3 is 0 Å². The second-order valence-corrected chi connectivity index (χ2v) is 8.49. The number of likely N-dealkylation sites (tertiary alicyclic amines) is 1. The molecule has 0 amide bonds. The zero-order valence-electron chi connectivity index (χ0n) is 14.2. The Bertz CT molecular complexity index is 303. The van der Waals surface area contributed by atoms with Crippen LogP contribution in [0.2, 0.25) is 0 Å². The summed E-state index contributed by atoms with van der Waals surface area (Å²) in [5, 5.41) is 3.41. The van der Waals surface area contributed by atoms with E-state index < -0.39 is 0 Å². The second-order valence-electron chi connectivity index (χ2n) is 8.49. The topological polar surface area (TPSA) is 24.5 Å². The molecule has 2 saturated heterocycles. The van der Waals surface area contributed by atoms with Gasteiger partial charge in [-0.2, -0.15) is 0 Å². The van der Waals surface area contributed by atoms with E-state index >= 15 is 0 Å². The molecule has 0 radical (unpaired) electrons. The van der Waals surface area contributed by atoms with E-state index in [2.05, 4.69) is 44.8 Å². The average Bonchev–Trinajstić information content (AvgIpc) is 2.32. The summed E-state index contributed by atoms with van der Waals surface area (Å²) >= 11 is 0. The van der Waals surface area contributed by atoms with Gasteiger partial charge in [-0.05, 0) is 58.0 Å². The monoisotopic (exact) mass is 282 g/mol. The van der Waals surface area contributed by atoms with Crippen molar-refractivity contribution in [2.45, 2.75) is 78.0 Å². The quantitative estimate of drug-likeness (QED) is 0.861. The molecule has 1 atom stereocenters. The first-order valence-electron chi connectivity index (χ1n) is 8.37. The predicted molar refractivity (Wildman–Crippen MR) is 85.1 cm³/mol. The molecule has 3 heteroatoms. The van der Waals surface area contributed by atoms with Gasteiger partial charge in [-0.3, -0.25) is 4.90 Å². The molecule has 0 spiro atoms. The third-order valence-electron chi connectivity index (χ3n) is 4.64. The first-order valence-corrected chi connectivity index (χ1v) is 8.37. The van der Waals surface area contributed by atoms with Gasteiger partial charge in [0.1, 0.15) is 0 Å². The molecule has 118 valence electrons.